The van der Waals surface area contributed by atoms with Gasteiger partial charge in [0.25, 0.3) is 5.91 Å². The molecule has 0 aromatic heterocycles. The summed E-state index contributed by atoms with van der Waals surface area (Å²) < 4.78 is 30.6. The third kappa shape index (κ3) is 6.64. The van der Waals surface area contributed by atoms with E-state index in [0.29, 0.717) is 0 Å². The maximum Gasteiger partial charge on any atom is 0.407 e. The van der Waals surface area contributed by atoms with Crippen LogP contribution in [0.5, 0.6) is 0 Å². The molecule has 8 heteroatoms. The second-order valence-corrected chi connectivity index (χ2v) is 6.95. The van der Waals surface area contributed by atoms with E-state index in [9.17, 15) is 18.0 Å². The number of sulfonamides is 1. The molecule has 2 aromatic carbocycles. The van der Waals surface area contributed by atoms with Gasteiger partial charge in [0, 0.05) is 12.1 Å². The fourth-order valence-electron chi connectivity index (χ4n) is 1.90. The van der Waals surface area contributed by atoms with Crippen LogP contribution in [-0.4, -0.2) is 32.7 Å². The summed E-state index contributed by atoms with van der Waals surface area (Å²) in [6.07, 6.45) is -0.728. The summed E-state index contributed by atoms with van der Waals surface area (Å²) >= 11 is 0. The standard InChI is InChI=1S/C17H18N2O5S/c20-16(15-9-5-2-6-10-15)19-25(22,23)12-11-18-17(21)24-13-14-7-3-1-4-8-14/h1-10H,11-13H2,(H,18,21)(H,19,20). The molecule has 0 unspecified atom stereocenters. The molecule has 0 aliphatic carbocycles. The van der Waals surface area contributed by atoms with E-state index in [2.05, 4.69) is 5.32 Å². The molecule has 0 bridgehead atoms. The number of hydrogen-bond donors (Lipinski definition) is 2. The normalized spacial score (nSPS) is 10.7. The van der Waals surface area contributed by atoms with Crippen LogP contribution in [0.1, 0.15) is 15.9 Å². The molecule has 0 fully saturated rings. The number of benzene rings is 2. The number of alkyl carbamates (subject to hydrolysis) is 1. The largest absolute Gasteiger partial charge is 0.445 e. The van der Waals surface area contributed by atoms with Crippen molar-refractivity contribution in [2.75, 3.05) is 12.3 Å². The summed E-state index contributed by atoms with van der Waals surface area (Å²) in [5.41, 5.74) is 1.06. The van der Waals surface area contributed by atoms with Crippen molar-refractivity contribution in [1.82, 2.24) is 10.0 Å². The van der Waals surface area contributed by atoms with Crippen LogP contribution in [0, 0.1) is 0 Å². The van der Waals surface area contributed by atoms with Gasteiger partial charge in [-0.25, -0.2) is 17.9 Å². The SMILES string of the molecule is O=C(NCCS(=O)(=O)NC(=O)c1ccccc1)OCc1ccccc1. The van der Waals surface area contributed by atoms with Gasteiger partial charge in [0.05, 0.1) is 5.75 Å². The van der Waals surface area contributed by atoms with Gasteiger partial charge in [0.1, 0.15) is 6.61 Å². The topological polar surface area (TPSA) is 102 Å². The second kappa shape index (κ2) is 8.84. The molecule has 0 saturated carbocycles. The van der Waals surface area contributed by atoms with Crippen molar-refractivity contribution in [3.05, 3.63) is 71.8 Å². The lowest BCUT2D eigenvalue weighted by molar-refractivity contribution is 0.0981. The predicted molar refractivity (Wildman–Crippen MR) is 92.3 cm³/mol. The highest BCUT2D eigenvalue weighted by Crippen LogP contribution is 2.01. The first kappa shape index (κ1) is 18.5. The van der Waals surface area contributed by atoms with Crippen molar-refractivity contribution in [2.24, 2.45) is 0 Å². The number of carbonyl (C=O) groups excluding carboxylic acids is 2. The van der Waals surface area contributed by atoms with Crippen molar-refractivity contribution >= 4 is 22.0 Å². The molecule has 2 amide bonds. The van der Waals surface area contributed by atoms with Crippen LogP contribution in [0.15, 0.2) is 60.7 Å². The van der Waals surface area contributed by atoms with E-state index in [0.717, 1.165) is 5.56 Å². The van der Waals surface area contributed by atoms with Crippen LogP contribution in [0.3, 0.4) is 0 Å². The van der Waals surface area contributed by atoms with Gasteiger partial charge in [0.2, 0.25) is 10.0 Å². The number of ether oxygens (including phenoxy) is 1. The summed E-state index contributed by atoms with van der Waals surface area (Å²) in [6.45, 7) is -0.0881. The maximum absolute atomic E-state index is 11.9. The Morgan fingerprint density at radius 3 is 2.16 bits per heavy atom. The Kier molecular flexibility index (Phi) is 6.53. The third-order valence-corrected chi connectivity index (χ3v) is 4.38. The van der Waals surface area contributed by atoms with Crippen molar-refractivity contribution in [3.8, 4) is 0 Å². The average Bonchev–Trinajstić information content (AvgIpc) is 2.61. The highest BCUT2D eigenvalue weighted by molar-refractivity contribution is 7.90. The molecule has 132 valence electrons. The van der Waals surface area contributed by atoms with E-state index in [4.69, 9.17) is 4.74 Å². The van der Waals surface area contributed by atoms with Crippen LogP contribution >= 0.6 is 0 Å². The number of amides is 2. The first-order valence-electron chi connectivity index (χ1n) is 7.51. The van der Waals surface area contributed by atoms with Crippen LogP contribution in [-0.2, 0) is 21.4 Å². The molecular weight excluding hydrogens is 344 g/mol. The molecule has 0 radical (unpaired) electrons. The lowest BCUT2D eigenvalue weighted by atomic mass is 10.2. The van der Waals surface area contributed by atoms with Crippen LogP contribution in [0.4, 0.5) is 4.79 Å². The molecule has 0 spiro atoms. The van der Waals surface area contributed by atoms with Gasteiger partial charge in [-0.05, 0) is 17.7 Å². The van der Waals surface area contributed by atoms with E-state index >= 15 is 0 Å². The zero-order valence-corrected chi connectivity index (χ0v) is 14.2. The molecule has 7 nitrogen and oxygen atoms in total. The minimum Gasteiger partial charge on any atom is -0.445 e. The molecule has 25 heavy (non-hydrogen) atoms. The predicted octanol–water partition coefficient (Wildman–Crippen LogP) is 1.67. The van der Waals surface area contributed by atoms with Gasteiger partial charge in [-0.2, -0.15) is 0 Å². The van der Waals surface area contributed by atoms with Crippen LogP contribution in [0.2, 0.25) is 0 Å². The summed E-state index contributed by atoms with van der Waals surface area (Å²) in [5, 5.41) is 2.33. The molecule has 2 N–H and O–H groups in total. The zero-order valence-electron chi connectivity index (χ0n) is 13.3. The minimum absolute atomic E-state index is 0.0875. The van der Waals surface area contributed by atoms with E-state index in [1.54, 1.807) is 30.3 Å². The maximum atomic E-state index is 11.9. The zero-order chi connectivity index (χ0) is 18.1. The average molecular weight is 362 g/mol. The Morgan fingerprint density at radius 1 is 0.920 bits per heavy atom. The first-order chi connectivity index (χ1) is 12.0. The van der Waals surface area contributed by atoms with Gasteiger partial charge >= 0.3 is 6.09 Å². The van der Waals surface area contributed by atoms with Gasteiger partial charge in [-0.1, -0.05) is 48.5 Å². The fraction of sp³-hybridized carbons (Fsp3) is 0.176. The molecule has 0 atom stereocenters. The molecular formula is C17H18N2O5S. The summed E-state index contributed by atoms with van der Waals surface area (Å²) in [6, 6.07) is 17.1. The summed E-state index contributed by atoms with van der Waals surface area (Å²) in [5.74, 6) is -1.15. The highest BCUT2D eigenvalue weighted by atomic mass is 32.2. The lowest BCUT2D eigenvalue weighted by Gasteiger charge is -2.09. The Labute approximate surface area is 146 Å². The third-order valence-electron chi connectivity index (χ3n) is 3.14. The van der Waals surface area contributed by atoms with Crippen molar-refractivity contribution < 1.29 is 22.7 Å². The van der Waals surface area contributed by atoms with Crippen LogP contribution in [0.25, 0.3) is 0 Å². The Bertz CT molecular complexity index is 807. The van der Waals surface area contributed by atoms with Gasteiger partial charge in [0.15, 0.2) is 0 Å². The Morgan fingerprint density at radius 2 is 1.52 bits per heavy atom. The van der Waals surface area contributed by atoms with Gasteiger partial charge in [-0.15, -0.1) is 0 Å². The van der Waals surface area contributed by atoms with E-state index in [1.807, 2.05) is 22.9 Å². The molecule has 0 saturated heterocycles. The molecule has 0 heterocycles. The monoisotopic (exact) mass is 362 g/mol. The van der Waals surface area contributed by atoms with Crippen LogP contribution < -0.4 is 10.0 Å². The Balaban J connectivity index is 1.72. The number of nitrogens with one attached hydrogen (secondary N) is 2. The van der Waals surface area contributed by atoms with Crippen molar-refractivity contribution in [3.63, 3.8) is 0 Å². The van der Waals surface area contributed by atoms with Gasteiger partial charge in [-0.3, -0.25) is 4.79 Å². The first-order valence-corrected chi connectivity index (χ1v) is 9.16. The van der Waals surface area contributed by atoms with E-state index in [1.165, 1.54) is 12.1 Å². The van der Waals surface area contributed by atoms with E-state index in [-0.39, 0.29) is 18.7 Å². The number of rotatable bonds is 7. The number of hydrogen-bond acceptors (Lipinski definition) is 5. The summed E-state index contributed by atoms with van der Waals surface area (Å²) in [4.78, 5) is 23.3. The molecule has 0 aliphatic heterocycles. The Hall–Kier alpha value is -2.87. The van der Waals surface area contributed by atoms with Gasteiger partial charge < -0.3 is 10.1 Å². The smallest absolute Gasteiger partial charge is 0.407 e. The second-order valence-electron chi connectivity index (χ2n) is 5.10. The van der Waals surface area contributed by atoms with Crippen molar-refractivity contribution in [2.45, 2.75) is 6.61 Å². The molecule has 2 aromatic rings. The highest BCUT2D eigenvalue weighted by Gasteiger charge is 2.16. The molecule has 0 aliphatic rings. The minimum atomic E-state index is -3.86. The summed E-state index contributed by atoms with van der Waals surface area (Å²) in [7, 11) is -3.86. The molecule has 2 rings (SSSR count). The van der Waals surface area contributed by atoms with Crippen molar-refractivity contribution in [1.29, 1.82) is 0 Å². The lowest BCUT2D eigenvalue weighted by Crippen LogP contribution is -2.37. The fourth-order valence-corrected chi connectivity index (χ4v) is 2.78. The number of carbonyl (C=O) groups is 2. The quantitative estimate of drug-likeness (QED) is 0.780. The van der Waals surface area contributed by atoms with E-state index < -0.39 is 27.8 Å².